The molecule has 0 aliphatic carbocycles. The van der Waals surface area contributed by atoms with Crippen LogP contribution in [0.2, 0.25) is 0 Å². The summed E-state index contributed by atoms with van der Waals surface area (Å²) >= 11 is 0. The summed E-state index contributed by atoms with van der Waals surface area (Å²) in [5.41, 5.74) is 2.31. The second kappa shape index (κ2) is 12.1. The molecule has 0 spiro atoms. The number of carbonyl (C=O) groups is 2. The van der Waals surface area contributed by atoms with Gasteiger partial charge in [0.1, 0.15) is 17.2 Å². The van der Waals surface area contributed by atoms with Crippen LogP contribution in [0.4, 0.5) is 17.1 Å². The third-order valence-corrected chi connectivity index (χ3v) is 6.65. The molecule has 1 saturated heterocycles. The number of nitrogens with zero attached hydrogens (tertiary/aromatic N) is 3. The van der Waals surface area contributed by atoms with Crippen molar-refractivity contribution in [2.45, 2.75) is 13.3 Å². The summed E-state index contributed by atoms with van der Waals surface area (Å²) in [5.74, 6) is 0.756. The van der Waals surface area contributed by atoms with Gasteiger partial charge in [-0.15, -0.1) is 0 Å². The van der Waals surface area contributed by atoms with Gasteiger partial charge < -0.3 is 30.3 Å². The molecule has 38 heavy (non-hydrogen) atoms. The van der Waals surface area contributed by atoms with E-state index in [1.807, 2.05) is 26.1 Å². The van der Waals surface area contributed by atoms with Gasteiger partial charge in [-0.2, -0.15) is 0 Å². The van der Waals surface area contributed by atoms with Crippen LogP contribution in [0, 0.1) is 0 Å². The molecule has 3 aromatic rings. The number of amidine groups is 1. The Labute approximate surface area is 222 Å². The van der Waals surface area contributed by atoms with E-state index in [4.69, 9.17) is 4.74 Å². The number of aromatic hydroxyl groups is 1. The molecule has 3 aromatic carbocycles. The number of anilines is 3. The van der Waals surface area contributed by atoms with Gasteiger partial charge in [-0.05, 0) is 74.0 Å². The van der Waals surface area contributed by atoms with Crippen molar-refractivity contribution in [1.29, 1.82) is 0 Å². The summed E-state index contributed by atoms with van der Waals surface area (Å²) in [5, 5.41) is 16.0. The Morgan fingerprint density at radius 2 is 1.53 bits per heavy atom. The number of phenolic OH excluding ortho intramolecular Hbond substituents is 1. The van der Waals surface area contributed by atoms with Gasteiger partial charge in [0, 0.05) is 50.0 Å². The number of nitrogens with one attached hydrogen (secondary N) is 2. The van der Waals surface area contributed by atoms with Gasteiger partial charge in [-0.1, -0.05) is 6.07 Å². The van der Waals surface area contributed by atoms with Crippen molar-refractivity contribution in [2.24, 2.45) is 4.99 Å². The van der Waals surface area contributed by atoms with Gasteiger partial charge in [-0.25, -0.2) is 0 Å². The molecule has 198 valence electrons. The minimum Gasteiger partial charge on any atom is -0.506 e. The fraction of sp³-hybridized carbons (Fsp3) is 0.276. The second-order valence-electron chi connectivity index (χ2n) is 8.98. The molecule has 1 fully saturated rings. The summed E-state index contributed by atoms with van der Waals surface area (Å²) in [6.45, 7) is 5.69. The van der Waals surface area contributed by atoms with Gasteiger partial charge >= 0.3 is 0 Å². The van der Waals surface area contributed by atoms with E-state index in [-0.39, 0.29) is 23.0 Å². The standard InChI is InChI=1S/C29H33N5O4/c1-20(30-2)33-16-5-17-34(19-18-33)23-12-8-21(9-13-23)29(37)32-27-25(6-4-7-26(27)35)31-28(36)22-10-14-24(38-3)15-11-22/h4,6-15,35H,5,16-19H2,1-3H3,(H,31,36)(H,32,37). The number of hydrogen-bond acceptors (Lipinski definition) is 6. The Morgan fingerprint density at radius 1 is 0.868 bits per heavy atom. The number of phenols is 1. The number of ether oxygens (including phenoxy) is 1. The molecule has 0 aromatic heterocycles. The number of rotatable bonds is 6. The Balaban J connectivity index is 1.44. The van der Waals surface area contributed by atoms with Gasteiger partial charge in [-0.3, -0.25) is 14.6 Å². The largest absolute Gasteiger partial charge is 0.506 e. The average molecular weight is 516 g/mol. The van der Waals surface area contributed by atoms with Crippen molar-refractivity contribution in [3.8, 4) is 11.5 Å². The van der Waals surface area contributed by atoms with E-state index in [0.717, 1.165) is 44.1 Å². The number of para-hydroxylation sites is 1. The number of hydrogen-bond donors (Lipinski definition) is 3. The molecule has 0 bridgehead atoms. The monoisotopic (exact) mass is 515 g/mol. The minimum absolute atomic E-state index is 0.129. The van der Waals surface area contributed by atoms with Crippen molar-refractivity contribution in [1.82, 2.24) is 4.90 Å². The van der Waals surface area contributed by atoms with Gasteiger partial charge in [0.25, 0.3) is 11.8 Å². The molecule has 1 heterocycles. The molecule has 1 aliphatic rings. The quantitative estimate of drug-likeness (QED) is 0.254. The van der Waals surface area contributed by atoms with Crippen molar-refractivity contribution >= 4 is 34.7 Å². The van der Waals surface area contributed by atoms with Crippen LogP contribution in [0.25, 0.3) is 0 Å². The molecule has 9 heteroatoms. The Hall–Kier alpha value is -4.53. The van der Waals surface area contributed by atoms with E-state index in [1.165, 1.54) is 6.07 Å². The third kappa shape index (κ3) is 6.23. The number of benzene rings is 3. The van der Waals surface area contributed by atoms with Crippen LogP contribution >= 0.6 is 0 Å². The minimum atomic E-state index is -0.394. The lowest BCUT2D eigenvalue weighted by Gasteiger charge is -2.24. The van der Waals surface area contributed by atoms with Crippen LogP contribution in [0.5, 0.6) is 11.5 Å². The maximum absolute atomic E-state index is 13.1. The zero-order valence-electron chi connectivity index (χ0n) is 21.9. The SMILES string of the molecule is CN=C(C)N1CCCN(c2ccc(C(=O)Nc3c(O)cccc3NC(=O)c3ccc(OC)cc3)cc2)CC1. The zero-order valence-corrected chi connectivity index (χ0v) is 21.9. The van der Waals surface area contributed by atoms with Gasteiger partial charge in [0.05, 0.1) is 18.6 Å². The van der Waals surface area contributed by atoms with Crippen molar-refractivity contribution < 1.29 is 19.4 Å². The average Bonchev–Trinajstić information content (AvgIpc) is 3.21. The Morgan fingerprint density at radius 3 is 2.18 bits per heavy atom. The highest BCUT2D eigenvalue weighted by molar-refractivity contribution is 6.11. The normalized spacial score (nSPS) is 14.0. The molecule has 4 rings (SSSR count). The maximum Gasteiger partial charge on any atom is 0.255 e. The Kier molecular flexibility index (Phi) is 8.47. The molecule has 0 unspecified atom stereocenters. The highest BCUT2D eigenvalue weighted by atomic mass is 16.5. The summed E-state index contributed by atoms with van der Waals surface area (Å²) in [4.78, 5) is 34.7. The molecule has 0 radical (unpaired) electrons. The second-order valence-corrected chi connectivity index (χ2v) is 8.98. The number of amides is 2. The van der Waals surface area contributed by atoms with Crippen molar-refractivity contribution in [3.05, 3.63) is 77.9 Å². The van der Waals surface area contributed by atoms with Crippen LogP contribution in [0.1, 0.15) is 34.1 Å². The first-order valence-electron chi connectivity index (χ1n) is 12.5. The first-order valence-corrected chi connectivity index (χ1v) is 12.5. The van der Waals surface area contributed by atoms with Gasteiger partial charge in [0.2, 0.25) is 0 Å². The lowest BCUT2D eigenvalue weighted by Crippen LogP contribution is -2.33. The first-order chi connectivity index (χ1) is 18.4. The van der Waals surface area contributed by atoms with Crippen molar-refractivity contribution in [3.63, 3.8) is 0 Å². The fourth-order valence-corrected chi connectivity index (χ4v) is 4.36. The third-order valence-electron chi connectivity index (χ3n) is 6.65. The molecule has 0 atom stereocenters. The van der Waals surface area contributed by atoms with E-state index in [1.54, 1.807) is 55.6 Å². The molecule has 1 aliphatic heterocycles. The smallest absolute Gasteiger partial charge is 0.255 e. The van der Waals surface area contributed by atoms with Crippen LogP contribution in [0.3, 0.4) is 0 Å². The highest BCUT2D eigenvalue weighted by Gasteiger charge is 2.18. The fourth-order valence-electron chi connectivity index (χ4n) is 4.36. The summed E-state index contributed by atoms with van der Waals surface area (Å²) < 4.78 is 5.13. The van der Waals surface area contributed by atoms with E-state index < -0.39 is 5.91 Å². The molecular formula is C29H33N5O4. The zero-order chi connectivity index (χ0) is 27.1. The lowest BCUT2D eigenvalue weighted by molar-refractivity contribution is 0.101. The predicted octanol–water partition coefficient (Wildman–Crippen LogP) is 4.47. The lowest BCUT2D eigenvalue weighted by atomic mass is 10.1. The predicted molar refractivity (Wildman–Crippen MR) is 151 cm³/mol. The summed E-state index contributed by atoms with van der Waals surface area (Å²) in [6, 6.07) is 18.7. The Bertz CT molecular complexity index is 1310. The van der Waals surface area contributed by atoms with E-state index >= 15 is 0 Å². The number of carbonyl (C=O) groups excluding carboxylic acids is 2. The first kappa shape index (κ1) is 26.5. The topological polar surface area (TPSA) is 107 Å². The maximum atomic E-state index is 13.1. The molecule has 9 nitrogen and oxygen atoms in total. The van der Waals surface area contributed by atoms with Crippen LogP contribution < -0.4 is 20.3 Å². The number of methoxy groups -OCH3 is 1. The van der Waals surface area contributed by atoms with E-state index in [9.17, 15) is 14.7 Å². The van der Waals surface area contributed by atoms with Crippen LogP contribution in [-0.2, 0) is 0 Å². The molecule has 0 saturated carbocycles. The van der Waals surface area contributed by atoms with E-state index in [0.29, 0.717) is 16.9 Å². The molecular weight excluding hydrogens is 482 g/mol. The number of aliphatic imine (C=N–C) groups is 1. The van der Waals surface area contributed by atoms with E-state index in [2.05, 4.69) is 25.4 Å². The molecule has 2 amide bonds. The van der Waals surface area contributed by atoms with Gasteiger partial charge in [0.15, 0.2) is 0 Å². The highest BCUT2D eigenvalue weighted by Crippen LogP contribution is 2.32. The molecule has 3 N–H and O–H groups in total. The summed E-state index contributed by atoms with van der Waals surface area (Å²) in [7, 11) is 3.37. The van der Waals surface area contributed by atoms with Crippen LogP contribution in [-0.4, -0.2) is 68.0 Å². The van der Waals surface area contributed by atoms with Crippen molar-refractivity contribution in [2.75, 3.05) is 55.9 Å². The van der Waals surface area contributed by atoms with Crippen LogP contribution in [0.15, 0.2) is 71.7 Å². The summed E-state index contributed by atoms with van der Waals surface area (Å²) in [6.07, 6.45) is 1.02.